The second kappa shape index (κ2) is 5.65. The van der Waals surface area contributed by atoms with Gasteiger partial charge in [0.2, 0.25) is 6.23 Å². The fourth-order valence-electron chi connectivity index (χ4n) is 1.88. The van der Waals surface area contributed by atoms with Crippen LogP contribution in [0.3, 0.4) is 0 Å². The first-order valence-electron chi connectivity index (χ1n) is 5.78. The Morgan fingerprint density at radius 3 is 2.73 bits per heavy atom. The summed E-state index contributed by atoms with van der Waals surface area (Å²) in [6, 6.07) is 1.08. The number of halogens is 2. The zero-order valence-electron chi connectivity index (χ0n) is 10.7. The van der Waals surface area contributed by atoms with E-state index in [1.165, 1.54) is 0 Å². The summed E-state index contributed by atoms with van der Waals surface area (Å²) in [7, 11) is -4.93. The van der Waals surface area contributed by atoms with E-state index >= 15 is 0 Å². The maximum absolute atomic E-state index is 14.0. The number of nitrogen functional groups attached to an aromatic ring is 1. The molecule has 22 heavy (non-hydrogen) atoms. The summed E-state index contributed by atoms with van der Waals surface area (Å²) < 4.78 is 47.8. The van der Waals surface area contributed by atoms with Gasteiger partial charge in [0, 0.05) is 6.20 Å². The number of hydrogen-bond acceptors (Lipinski definition) is 7. The molecule has 1 aliphatic heterocycles. The van der Waals surface area contributed by atoms with Gasteiger partial charge in [-0.25, -0.2) is 9.36 Å². The molecule has 3 atom stereocenters. The number of alkyl halides is 2. The number of hydrogen-bond donors (Lipinski definition) is 4. The number of anilines is 1. The molecule has 1 saturated heterocycles. The fraction of sp³-hybridized carbons (Fsp3) is 0.556. The highest BCUT2D eigenvalue weighted by molar-refractivity contribution is 7.46. The standard InChI is InChI=1S/C9H12F2N3O7P/c10-9(11)6(15)4(3-20-22(17,18)19)21-7(9)14-2-1-5(12)13-8(14)16/h1-2,4,6-7,15H,3H2,(H2,12,13,16)(H2,17,18,19)/t4-,6+,7-/m1/s1. The second-order valence-corrected chi connectivity index (χ2v) is 5.71. The van der Waals surface area contributed by atoms with Gasteiger partial charge in [-0.2, -0.15) is 13.8 Å². The Balaban J connectivity index is 2.26. The van der Waals surface area contributed by atoms with Gasteiger partial charge in [0.05, 0.1) is 6.61 Å². The topological polar surface area (TPSA) is 157 Å². The highest BCUT2D eigenvalue weighted by atomic mass is 31.2. The average molecular weight is 343 g/mol. The van der Waals surface area contributed by atoms with Crippen LogP contribution in [0.5, 0.6) is 0 Å². The van der Waals surface area contributed by atoms with E-state index in [1.54, 1.807) is 0 Å². The SMILES string of the molecule is Nc1ccn([C@@H]2O[C@H](COP(=O)(O)O)[C@H](O)C2(F)F)c(=O)n1. The van der Waals surface area contributed by atoms with Gasteiger partial charge in [0.15, 0.2) is 6.10 Å². The molecule has 0 aliphatic carbocycles. The first-order chi connectivity index (χ1) is 10.0. The summed E-state index contributed by atoms with van der Waals surface area (Å²) >= 11 is 0. The van der Waals surface area contributed by atoms with E-state index in [2.05, 4.69) is 9.51 Å². The Labute approximate surface area is 121 Å². The van der Waals surface area contributed by atoms with Crippen molar-refractivity contribution in [2.24, 2.45) is 0 Å². The summed E-state index contributed by atoms with van der Waals surface area (Å²) in [4.78, 5) is 31.9. The van der Waals surface area contributed by atoms with Gasteiger partial charge < -0.3 is 25.4 Å². The molecule has 0 unspecified atom stereocenters. The van der Waals surface area contributed by atoms with Crippen molar-refractivity contribution in [2.45, 2.75) is 24.4 Å². The molecule has 10 nitrogen and oxygen atoms in total. The van der Waals surface area contributed by atoms with Crippen LogP contribution in [0.4, 0.5) is 14.6 Å². The second-order valence-electron chi connectivity index (χ2n) is 4.47. The zero-order valence-corrected chi connectivity index (χ0v) is 11.6. The normalized spacial score (nSPS) is 28.0. The van der Waals surface area contributed by atoms with Gasteiger partial charge >= 0.3 is 19.4 Å². The Bertz CT molecular complexity index is 663. The molecule has 0 saturated carbocycles. The number of aliphatic hydroxyl groups is 1. The van der Waals surface area contributed by atoms with E-state index in [9.17, 15) is 23.2 Å². The minimum Gasteiger partial charge on any atom is -0.384 e. The predicted molar refractivity (Wildman–Crippen MR) is 65.8 cm³/mol. The van der Waals surface area contributed by atoms with Crippen LogP contribution in [0.2, 0.25) is 0 Å². The lowest BCUT2D eigenvalue weighted by Crippen LogP contribution is -2.41. The molecular formula is C9H12F2N3O7P. The summed E-state index contributed by atoms with van der Waals surface area (Å²) in [5, 5.41) is 9.52. The fourth-order valence-corrected chi connectivity index (χ4v) is 2.22. The lowest BCUT2D eigenvalue weighted by molar-refractivity contribution is -0.140. The third kappa shape index (κ3) is 3.32. The number of phosphoric acid groups is 1. The molecule has 0 amide bonds. The minimum absolute atomic E-state index is 0.190. The molecule has 124 valence electrons. The lowest BCUT2D eigenvalue weighted by Gasteiger charge is -2.20. The van der Waals surface area contributed by atoms with Gasteiger partial charge in [0.25, 0.3) is 0 Å². The molecule has 2 rings (SSSR count). The third-order valence-corrected chi connectivity index (χ3v) is 3.38. The molecule has 2 heterocycles. The number of aromatic nitrogens is 2. The molecule has 1 aliphatic rings. The van der Waals surface area contributed by atoms with Crippen molar-refractivity contribution in [1.82, 2.24) is 9.55 Å². The van der Waals surface area contributed by atoms with Gasteiger partial charge in [-0.1, -0.05) is 0 Å². The largest absolute Gasteiger partial charge is 0.469 e. The maximum atomic E-state index is 14.0. The van der Waals surface area contributed by atoms with Crippen LogP contribution in [0, 0.1) is 0 Å². The average Bonchev–Trinajstić information content (AvgIpc) is 2.59. The summed E-state index contributed by atoms with van der Waals surface area (Å²) in [6.07, 6.45) is -5.50. The Kier molecular flexibility index (Phi) is 4.35. The first kappa shape index (κ1) is 16.9. The Hall–Kier alpha value is -1.43. The van der Waals surface area contributed by atoms with Crippen LogP contribution < -0.4 is 11.4 Å². The van der Waals surface area contributed by atoms with E-state index in [0.717, 1.165) is 12.3 Å². The van der Waals surface area contributed by atoms with E-state index in [4.69, 9.17) is 20.3 Å². The molecule has 0 aromatic carbocycles. The van der Waals surface area contributed by atoms with Crippen LogP contribution in [-0.4, -0.2) is 49.2 Å². The van der Waals surface area contributed by atoms with Crippen LogP contribution >= 0.6 is 7.82 Å². The summed E-state index contributed by atoms with van der Waals surface area (Å²) in [5.41, 5.74) is 4.10. The molecular weight excluding hydrogens is 331 g/mol. The first-order valence-corrected chi connectivity index (χ1v) is 7.31. The van der Waals surface area contributed by atoms with Crippen molar-refractivity contribution >= 4 is 13.6 Å². The third-order valence-electron chi connectivity index (χ3n) is 2.89. The van der Waals surface area contributed by atoms with E-state index in [0.29, 0.717) is 4.57 Å². The van der Waals surface area contributed by atoms with Crippen molar-refractivity contribution in [1.29, 1.82) is 0 Å². The lowest BCUT2D eigenvalue weighted by atomic mass is 10.1. The number of nitrogens with zero attached hydrogens (tertiary/aromatic N) is 2. The van der Waals surface area contributed by atoms with Gasteiger partial charge in [0.1, 0.15) is 11.9 Å². The van der Waals surface area contributed by atoms with Gasteiger partial charge in [-0.05, 0) is 6.07 Å². The zero-order chi connectivity index (χ0) is 16.7. The summed E-state index contributed by atoms with van der Waals surface area (Å²) in [6.45, 7) is -0.991. The minimum atomic E-state index is -4.93. The van der Waals surface area contributed by atoms with E-state index in [1.807, 2.05) is 0 Å². The molecule has 1 fully saturated rings. The highest BCUT2D eigenvalue weighted by Crippen LogP contribution is 2.44. The van der Waals surface area contributed by atoms with Crippen molar-refractivity contribution in [2.75, 3.05) is 12.3 Å². The monoisotopic (exact) mass is 343 g/mol. The maximum Gasteiger partial charge on any atom is 0.469 e. The van der Waals surface area contributed by atoms with Crippen LogP contribution in [-0.2, 0) is 13.8 Å². The summed E-state index contributed by atoms with van der Waals surface area (Å²) in [5.74, 6) is -4.10. The van der Waals surface area contributed by atoms with E-state index < -0.39 is 44.5 Å². The molecule has 1 aromatic heterocycles. The van der Waals surface area contributed by atoms with Gasteiger partial charge in [-0.15, -0.1) is 0 Å². The molecule has 1 aromatic rings. The molecule has 0 spiro atoms. The number of aliphatic hydroxyl groups excluding tert-OH is 1. The molecule has 5 N–H and O–H groups in total. The van der Waals surface area contributed by atoms with Crippen LogP contribution in [0.15, 0.2) is 17.1 Å². The number of phosphoric ester groups is 1. The highest BCUT2D eigenvalue weighted by Gasteiger charge is 2.60. The van der Waals surface area contributed by atoms with Crippen molar-refractivity contribution < 1.29 is 37.5 Å². The van der Waals surface area contributed by atoms with E-state index in [-0.39, 0.29) is 5.82 Å². The molecule has 13 heteroatoms. The van der Waals surface area contributed by atoms with Crippen LogP contribution in [0.25, 0.3) is 0 Å². The van der Waals surface area contributed by atoms with Crippen molar-refractivity contribution in [3.8, 4) is 0 Å². The predicted octanol–water partition coefficient (Wildman–Crippen LogP) is -1.17. The Morgan fingerprint density at radius 2 is 2.18 bits per heavy atom. The van der Waals surface area contributed by atoms with Crippen LogP contribution in [0.1, 0.15) is 6.23 Å². The molecule has 0 radical (unpaired) electrons. The number of rotatable bonds is 4. The molecule has 0 bridgehead atoms. The number of ether oxygens (including phenoxy) is 1. The van der Waals surface area contributed by atoms with Gasteiger partial charge in [-0.3, -0.25) is 9.09 Å². The Morgan fingerprint density at radius 1 is 1.55 bits per heavy atom. The smallest absolute Gasteiger partial charge is 0.384 e. The van der Waals surface area contributed by atoms with Crippen molar-refractivity contribution in [3.63, 3.8) is 0 Å². The van der Waals surface area contributed by atoms with Crippen molar-refractivity contribution in [3.05, 3.63) is 22.7 Å². The quantitative estimate of drug-likeness (QED) is 0.494. The number of nitrogens with two attached hydrogens (primary N) is 1.